The van der Waals surface area contributed by atoms with Crippen LogP contribution in [0.2, 0.25) is 5.02 Å². The summed E-state index contributed by atoms with van der Waals surface area (Å²) >= 11 is 5.97. The second-order valence-electron chi connectivity index (χ2n) is 4.53. The van der Waals surface area contributed by atoms with Crippen molar-refractivity contribution in [2.45, 2.75) is 6.92 Å². The molecule has 0 radical (unpaired) electrons. The molecule has 0 aromatic heterocycles. The van der Waals surface area contributed by atoms with Crippen LogP contribution in [0.5, 0.6) is 5.75 Å². The molecule has 0 atom stereocenters. The van der Waals surface area contributed by atoms with Crippen LogP contribution in [0.4, 0.5) is 17.1 Å². The first-order valence-electron chi connectivity index (χ1n) is 6.16. The Balaban J connectivity index is 2.38. The highest BCUT2D eigenvalue weighted by molar-refractivity contribution is 6.32. The first kappa shape index (κ1) is 15.0. The van der Waals surface area contributed by atoms with Crippen LogP contribution in [0.3, 0.4) is 0 Å². The predicted molar refractivity (Wildman–Crippen MR) is 83.8 cm³/mol. The summed E-state index contributed by atoms with van der Waals surface area (Å²) in [6.07, 6.45) is 0. The van der Waals surface area contributed by atoms with Crippen LogP contribution in [0, 0.1) is 6.92 Å². The van der Waals surface area contributed by atoms with Crippen molar-refractivity contribution < 1.29 is 14.6 Å². The largest absolute Gasteiger partial charge is 0.495 e. The molecule has 2 rings (SSSR count). The molecule has 0 amide bonds. The van der Waals surface area contributed by atoms with Gasteiger partial charge in [0.15, 0.2) is 0 Å². The number of nitrogens with one attached hydrogen (secondary N) is 1. The van der Waals surface area contributed by atoms with Gasteiger partial charge in [-0.05, 0) is 36.8 Å². The van der Waals surface area contributed by atoms with Crippen LogP contribution in [-0.4, -0.2) is 18.2 Å². The van der Waals surface area contributed by atoms with Crippen molar-refractivity contribution in [2.75, 3.05) is 18.2 Å². The van der Waals surface area contributed by atoms with Crippen molar-refractivity contribution in [3.8, 4) is 5.75 Å². The maximum atomic E-state index is 11.2. The zero-order valence-corrected chi connectivity index (χ0v) is 12.4. The van der Waals surface area contributed by atoms with Crippen molar-refractivity contribution in [1.82, 2.24) is 0 Å². The molecule has 0 unspecified atom stereocenters. The number of halogens is 1. The summed E-state index contributed by atoms with van der Waals surface area (Å²) < 4.78 is 5.14. The zero-order chi connectivity index (χ0) is 15.6. The summed E-state index contributed by atoms with van der Waals surface area (Å²) in [6.45, 7) is 1.76. The minimum atomic E-state index is -1.06. The lowest BCUT2D eigenvalue weighted by Crippen LogP contribution is -2.05. The van der Waals surface area contributed by atoms with E-state index in [9.17, 15) is 4.79 Å². The number of anilines is 3. The highest BCUT2D eigenvalue weighted by Crippen LogP contribution is 2.30. The molecule has 2 aromatic rings. The Hall–Kier alpha value is -2.40. The average molecular weight is 307 g/mol. The molecule has 6 heteroatoms. The van der Waals surface area contributed by atoms with Crippen LogP contribution in [0.15, 0.2) is 30.3 Å². The number of aryl methyl sites for hydroxylation is 1. The fourth-order valence-corrected chi connectivity index (χ4v) is 2.15. The maximum Gasteiger partial charge on any atom is 0.337 e. The first-order valence-corrected chi connectivity index (χ1v) is 6.54. The highest BCUT2D eigenvalue weighted by atomic mass is 35.5. The number of carbonyl (C=O) groups is 1. The summed E-state index contributed by atoms with van der Waals surface area (Å²) in [5, 5.41) is 12.8. The van der Waals surface area contributed by atoms with Gasteiger partial charge in [0.25, 0.3) is 0 Å². The Bertz CT molecular complexity index is 702. The van der Waals surface area contributed by atoms with E-state index in [1.807, 2.05) is 0 Å². The van der Waals surface area contributed by atoms with Crippen LogP contribution < -0.4 is 15.8 Å². The van der Waals surface area contributed by atoms with E-state index in [0.717, 1.165) is 5.69 Å². The Morgan fingerprint density at radius 3 is 2.62 bits per heavy atom. The monoisotopic (exact) mass is 306 g/mol. The standard InChI is InChI=1S/C15H15ClN2O3/c1-8-5-10(6-11(14(8)17)15(19)20)18-9-3-4-12(16)13(7-9)21-2/h3-7,18H,17H2,1-2H3,(H,19,20). The molecule has 21 heavy (non-hydrogen) atoms. The van der Waals surface area contributed by atoms with E-state index in [1.54, 1.807) is 31.2 Å². The van der Waals surface area contributed by atoms with E-state index in [2.05, 4.69) is 5.32 Å². The number of carboxylic acids is 1. The van der Waals surface area contributed by atoms with Crippen molar-refractivity contribution in [2.24, 2.45) is 0 Å². The summed E-state index contributed by atoms with van der Waals surface area (Å²) in [4.78, 5) is 11.2. The molecule has 0 saturated carbocycles. The third-order valence-electron chi connectivity index (χ3n) is 3.06. The number of carboxylic acid groups (broad SMARTS) is 1. The van der Waals surface area contributed by atoms with Gasteiger partial charge in [0.1, 0.15) is 5.75 Å². The number of rotatable bonds is 4. The van der Waals surface area contributed by atoms with Gasteiger partial charge >= 0.3 is 5.97 Å². The van der Waals surface area contributed by atoms with Crippen molar-refractivity contribution in [3.05, 3.63) is 46.5 Å². The minimum Gasteiger partial charge on any atom is -0.495 e. The number of benzene rings is 2. The van der Waals surface area contributed by atoms with E-state index in [4.69, 9.17) is 27.2 Å². The van der Waals surface area contributed by atoms with Crippen molar-refractivity contribution in [3.63, 3.8) is 0 Å². The SMILES string of the molecule is COc1cc(Nc2cc(C)c(N)c(C(=O)O)c2)ccc1Cl. The molecule has 0 aliphatic rings. The zero-order valence-electron chi connectivity index (χ0n) is 11.6. The van der Waals surface area contributed by atoms with E-state index < -0.39 is 5.97 Å². The van der Waals surface area contributed by atoms with Crippen molar-refractivity contribution >= 4 is 34.6 Å². The molecule has 0 saturated heterocycles. The molecule has 2 aromatic carbocycles. The molecule has 0 heterocycles. The number of hydrogen-bond donors (Lipinski definition) is 3. The second-order valence-corrected chi connectivity index (χ2v) is 4.94. The minimum absolute atomic E-state index is 0.0680. The Morgan fingerprint density at radius 1 is 1.29 bits per heavy atom. The summed E-state index contributed by atoms with van der Waals surface area (Å²) in [5.74, 6) is -0.528. The Kier molecular flexibility index (Phi) is 4.23. The highest BCUT2D eigenvalue weighted by Gasteiger charge is 2.12. The van der Waals surface area contributed by atoms with Gasteiger partial charge in [-0.15, -0.1) is 0 Å². The van der Waals surface area contributed by atoms with Gasteiger partial charge in [-0.1, -0.05) is 11.6 Å². The molecule has 110 valence electrons. The molecular weight excluding hydrogens is 292 g/mol. The van der Waals surface area contributed by atoms with E-state index >= 15 is 0 Å². The topological polar surface area (TPSA) is 84.6 Å². The molecule has 0 fully saturated rings. The van der Waals surface area contributed by atoms with Gasteiger partial charge in [-0.3, -0.25) is 0 Å². The fraction of sp³-hybridized carbons (Fsp3) is 0.133. The molecule has 0 aliphatic carbocycles. The number of nitrogens with two attached hydrogens (primary N) is 1. The predicted octanol–water partition coefficient (Wildman–Crippen LogP) is 3.68. The average Bonchev–Trinajstić information content (AvgIpc) is 2.44. The van der Waals surface area contributed by atoms with Crippen LogP contribution in [0.25, 0.3) is 0 Å². The fourth-order valence-electron chi connectivity index (χ4n) is 1.95. The Morgan fingerprint density at radius 2 is 2.00 bits per heavy atom. The van der Waals surface area contributed by atoms with Crippen LogP contribution in [0.1, 0.15) is 15.9 Å². The van der Waals surface area contributed by atoms with Crippen LogP contribution in [-0.2, 0) is 0 Å². The van der Waals surface area contributed by atoms with Gasteiger partial charge in [0, 0.05) is 23.1 Å². The molecular formula is C15H15ClN2O3. The van der Waals surface area contributed by atoms with Gasteiger partial charge < -0.3 is 20.9 Å². The summed E-state index contributed by atoms with van der Waals surface area (Å²) in [5.41, 5.74) is 8.15. The molecule has 5 nitrogen and oxygen atoms in total. The molecule has 0 spiro atoms. The summed E-state index contributed by atoms with van der Waals surface area (Å²) in [6, 6.07) is 8.48. The normalized spacial score (nSPS) is 10.2. The number of aromatic carboxylic acids is 1. The molecule has 0 aliphatic heterocycles. The first-order chi connectivity index (χ1) is 9.92. The van der Waals surface area contributed by atoms with E-state index in [1.165, 1.54) is 13.2 Å². The van der Waals surface area contributed by atoms with Crippen molar-refractivity contribution in [1.29, 1.82) is 0 Å². The smallest absolute Gasteiger partial charge is 0.337 e. The number of nitrogen functional groups attached to an aromatic ring is 1. The van der Waals surface area contributed by atoms with Gasteiger partial charge in [-0.25, -0.2) is 4.79 Å². The maximum absolute atomic E-state index is 11.2. The van der Waals surface area contributed by atoms with E-state index in [0.29, 0.717) is 22.0 Å². The Labute approximate surface area is 127 Å². The lowest BCUT2D eigenvalue weighted by atomic mass is 10.1. The third-order valence-corrected chi connectivity index (χ3v) is 3.37. The lowest BCUT2D eigenvalue weighted by molar-refractivity contribution is 0.0698. The van der Waals surface area contributed by atoms with Crippen LogP contribution >= 0.6 is 11.6 Å². The quantitative estimate of drug-likeness (QED) is 0.750. The van der Waals surface area contributed by atoms with Gasteiger partial charge in [0.05, 0.1) is 17.7 Å². The number of hydrogen-bond acceptors (Lipinski definition) is 4. The molecule has 0 bridgehead atoms. The van der Waals surface area contributed by atoms with Gasteiger partial charge in [-0.2, -0.15) is 0 Å². The third kappa shape index (κ3) is 3.20. The summed E-state index contributed by atoms with van der Waals surface area (Å²) in [7, 11) is 1.53. The lowest BCUT2D eigenvalue weighted by Gasteiger charge is -2.12. The number of methoxy groups -OCH3 is 1. The van der Waals surface area contributed by atoms with E-state index in [-0.39, 0.29) is 11.3 Å². The van der Waals surface area contributed by atoms with Gasteiger partial charge in [0.2, 0.25) is 0 Å². The molecule has 4 N–H and O–H groups in total. The second kappa shape index (κ2) is 5.93. The number of ether oxygens (including phenoxy) is 1.